The maximum Gasteiger partial charge on any atom is 0.259 e. The van der Waals surface area contributed by atoms with Gasteiger partial charge in [0.05, 0.1) is 18.9 Å². The van der Waals surface area contributed by atoms with E-state index < -0.39 is 11.3 Å². The van der Waals surface area contributed by atoms with E-state index in [1.807, 2.05) is 4.90 Å². The number of carbonyl (C=O) groups is 1. The van der Waals surface area contributed by atoms with E-state index in [1.165, 1.54) is 7.11 Å². The summed E-state index contributed by atoms with van der Waals surface area (Å²) in [5.74, 6) is 0.298. The molecule has 0 aliphatic carbocycles. The van der Waals surface area contributed by atoms with Gasteiger partial charge in [-0.05, 0) is 31.0 Å². The zero-order valence-electron chi connectivity index (χ0n) is 14.8. The minimum absolute atomic E-state index is 0.0586. The monoisotopic (exact) mass is 383 g/mol. The van der Waals surface area contributed by atoms with Crippen molar-refractivity contribution in [3.8, 4) is 5.75 Å². The number of methoxy groups -OCH3 is 1. The van der Waals surface area contributed by atoms with Gasteiger partial charge in [-0.15, -0.1) is 0 Å². The molecule has 0 radical (unpaired) electrons. The largest absolute Gasteiger partial charge is 0.495 e. The third-order valence-corrected chi connectivity index (χ3v) is 5.19. The lowest BCUT2D eigenvalue weighted by molar-refractivity contribution is 0.0432. The SMILES string of the molecule is COc1cc(C(=O)N2CCN(CC3CCCO3)CC2)ccc1NS(=O)O. The molecule has 0 bridgehead atoms. The molecule has 2 saturated heterocycles. The van der Waals surface area contributed by atoms with Crippen LogP contribution in [0.15, 0.2) is 18.2 Å². The predicted molar refractivity (Wildman–Crippen MR) is 98.7 cm³/mol. The Labute approximate surface area is 155 Å². The molecule has 1 amide bonds. The summed E-state index contributed by atoms with van der Waals surface area (Å²) in [6.07, 6.45) is 2.59. The maximum atomic E-state index is 12.7. The Kier molecular flexibility index (Phi) is 6.47. The van der Waals surface area contributed by atoms with Gasteiger partial charge in [-0.1, -0.05) is 0 Å². The standard InChI is InChI=1S/C17H25N3O5S/c1-24-16-11-13(4-5-15(16)18-26(22)23)17(21)20-8-6-19(7-9-20)12-14-3-2-10-25-14/h4-5,11,14,18H,2-3,6-10,12H2,1H3,(H,22,23). The lowest BCUT2D eigenvalue weighted by Gasteiger charge is -2.35. The van der Waals surface area contributed by atoms with Crippen molar-refractivity contribution < 1.29 is 23.0 Å². The van der Waals surface area contributed by atoms with E-state index in [-0.39, 0.29) is 5.91 Å². The molecule has 144 valence electrons. The van der Waals surface area contributed by atoms with E-state index >= 15 is 0 Å². The second kappa shape index (κ2) is 8.81. The van der Waals surface area contributed by atoms with Crippen molar-refractivity contribution in [1.29, 1.82) is 0 Å². The van der Waals surface area contributed by atoms with E-state index in [1.54, 1.807) is 18.2 Å². The van der Waals surface area contributed by atoms with E-state index in [2.05, 4.69) is 9.62 Å². The molecule has 2 aliphatic heterocycles. The quantitative estimate of drug-likeness (QED) is 0.717. The van der Waals surface area contributed by atoms with Gasteiger partial charge < -0.3 is 14.4 Å². The Morgan fingerprint density at radius 3 is 2.77 bits per heavy atom. The lowest BCUT2D eigenvalue weighted by Crippen LogP contribution is -2.50. The van der Waals surface area contributed by atoms with Crippen molar-refractivity contribution in [2.45, 2.75) is 18.9 Å². The van der Waals surface area contributed by atoms with E-state index in [0.717, 1.165) is 39.1 Å². The molecule has 0 saturated carbocycles. The van der Waals surface area contributed by atoms with Crippen molar-refractivity contribution in [1.82, 2.24) is 9.80 Å². The highest BCUT2D eigenvalue weighted by molar-refractivity contribution is 7.80. The molecule has 26 heavy (non-hydrogen) atoms. The van der Waals surface area contributed by atoms with E-state index in [0.29, 0.717) is 36.2 Å². The molecule has 1 aromatic rings. The molecule has 2 unspecified atom stereocenters. The number of nitrogens with one attached hydrogen (secondary N) is 1. The zero-order valence-corrected chi connectivity index (χ0v) is 15.7. The van der Waals surface area contributed by atoms with E-state index in [9.17, 15) is 9.00 Å². The number of rotatable bonds is 6. The van der Waals surface area contributed by atoms with Gasteiger partial charge in [0.15, 0.2) is 0 Å². The Bertz CT molecular complexity index is 658. The second-order valence-corrected chi connectivity index (χ2v) is 7.20. The van der Waals surface area contributed by atoms with Gasteiger partial charge in [-0.2, -0.15) is 0 Å². The third kappa shape index (κ3) is 4.73. The molecule has 2 heterocycles. The van der Waals surface area contributed by atoms with Crippen molar-refractivity contribution in [2.24, 2.45) is 0 Å². The van der Waals surface area contributed by atoms with Gasteiger partial charge in [-0.25, -0.2) is 4.21 Å². The molecule has 2 aliphatic rings. The summed E-state index contributed by atoms with van der Waals surface area (Å²) in [4.78, 5) is 16.9. The van der Waals surface area contributed by atoms with Gasteiger partial charge in [0.1, 0.15) is 5.75 Å². The molecular formula is C17H25N3O5S. The van der Waals surface area contributed by atoms with Crippen molar-refractivity contribution in [3.63, 3.8) is 0 Å². The summed E-state index contributed by atoms with van der Waals surface area (Å²) in [6, 6.07) is 4.81. The number of carbonyl (C=O) groups excluding carboxylic acids is 1. The van der Waals surface area contributed by atoms with Crippen LogP contribution in [0.2, 0.25) is 0 Å². The van der Waals surface area contributed by atoms with Crippen LogP contribution in [0.4, 0.5) is 5.69 Å². The molecular weight excluding hydrogens is 358 g/mol. The highest BCUT2D eigenvalue weighted by Gasteiger charge is 2.25. The van der Waals surface area contributed by atoms with Crippen LogP contribution in [-0.4, -0.2) is 77.0 Å². The van der Waals surface area contributed by atoms with Crippen LogP contribution >= 0.6 is 0 Å². The Morgan fingerprint density at radius 1 is 1.38 bits per heavy atom. The summed E-state index contributed by atoms with van der Waals surface area (Å²) in [5.41, 5.74) is 0.870. The number of nitrogens with zero attached hydrogens (tertiary/aromatic N) is 2. The smallest absolute Gasteiger partial charge is 0.259 e. The fourth-order valence-corrected chi connectivity index (χ4v) is 3.75. The molecule has 0 aromatic heterocycles. The normalized spacial score (nSPS) is 22.2. The number of hydrogen-bond donors (Lipinski definition) is 2. The molecule has 2 N–H and O–H groups in total. The Hall–Kier alpha value is -1.68. The van der Waals surface area contributed by atoms with Crippen LogP contribution in [0.5, 0.6) is 5.75 Å². The Morgan fingerprint density at radius 2 is 2.15 bits per heavy atom. The lowest BCUT2D eigenvalue weighted by atomic mass is 10.1. The van der Waals surface area contributed by atoms with Crippen LogP contribution in [0, 0.1) is 0 Å². The van der Waals surface area contributed by atoms with Gasteiger partial charge in [0, 0.05) is 44.9 Å². The van der Waals surface area contributed by atoms with Crippen LogP contribution in [0.25, 0.3) is 0 Å². The molecule has 0 spiro atoms. The predicted octanol–water partition coefficient (Wildman–Crippen LogP) is 1.18. The molecule has 8 nitrogen and oxygen atoms in total. The maximum absolute atomic E-state index is 12.7. The number of hydrogen-bond acceptors (Lipinski definition) is 5. The van der Waals surface area contributed by atoms with Crippen molar-refractivity contribution >= 4 is 22.9 Å². The first-order valence-electron chi connectivity index (χ1n) is 8.75. The highest BCUT2D eigenvalue weighted by Crippen LogP contribution is 2.26. The van der Waals surface area contributed by atoms with Crippen LogP contribution in [-0.2, 0) is 16.0 Å². The average molecular weight is 383 g/mol. The number of ether oxygens (including phenoxy) is 2. The topological polar surface area (TPSA) is 91.3 Å². The van der Waals surface area contributed by atoms with E-state index in [4.69, 9.17) is 14.0 Å². The summed E-state index contributed by atoms with van der Waals surface area (Å²) in [7, 11) is 1.46. The zero-order chi connectivity index (χ0) is 18.5. The molecule has 3 rings (SSSR count). The third-order valence-electron chi connectivity index (χ3n) is 4.79. The molecule has 2 fully saturated rings. The number of anilines is 1. The van der Waals surface area contributed by atoms with Crippen LogP contribution < -0.4 is 9.46 Å². The minimum Gasteiger partial charge on any atom is -0.495 e. The first-order valence-corrected chi connectivity index (χ1v) is 9.86. The van der Waals surface area contributed by atoms with Crippen LogP contribution in [0.1, 0.15) is 23.2 Å². The van der Waals surface area contributed by atoms with Crippen molar-refractivity contribution in [2.75, 3.05) is 51.2 Å². The second-order valence-electron chi connectivity index (χ2n) is 6.49. The summed E-state index contributed by atoms with van der Waals surface area (Å²) < 4.78 is 33.1. The van der Waals surface area contributed by atoms with Gasteiger partial charge in [-0.3, -0.25) is 19.0 Å². The summed E-state index contributed by atoms with van der Waals surface area (Å²) >= 11 is -2.20. The van der Waals surface area contributed by atoms with Crippen molar-refractivity contribution in [3.05, 3.63) is 23.8 Å². The molecule has 2 atom stereocenters. The van der Waals surface area contributed by atoms with Gasteiger partial charge in [0.25, 0.3) is 17.2 Å². The molecule has 9 heteroatoms. The summed E-state index contributed by atoms with van der Waals surface area (Å²) in [5, 5.41) is 0. The first-order chi connectivity index (χ1) is 12.6. The summed E-state index contributed by atoms with van der Waals surface area (Å²) in [6.45, 7) is 4.83. The number of benzene rings is 1. The molecule has 1 aromatic carbocycles. The van der Waals surface area contributed by atoms with Gasteiger partial charge in [0.2, 0.25) is 0 Å². The first kappa shape index (κ1) is 19.1. The fraction of sp³-hybridized carbons (Fsp3) is 0.588. The highest BCUT2D eigenvalue weighted by atomic mass is 32.2. The van der Waals surface area contributed by atoms with Gasteiger partial charge >= 0.3 is 0 Å². The Balaban J connectivity index is 1.58. The average Bonchev–Trinajstić information content (AvgIpc) is 3.14. The van der Waals surface area contributed by atoms with Crippen LogP contribution in [0.3, 0.4) is 0 Å². The number of amides is 1. The number of piperazine rings is 1. The minimum atomic E-state index is -2.20. The fourth-order valence-electron chi connectivity index (χ4n) is 3.40.